The number of aliphatic imine (C=N–C) groups is 1. The summed E-state index contributed by atoms with van der Waals surface area (Å²) in [7, 11) is 2.89. The molecule has 0 bridgehead atoms. The highest BCUT2D eigenvalue weighted by Crippen LogP contribution is 2.31. The van der Waals surface area contributed by atoms with Gasteiger partial charge in [-0.25, -0.2) is 9.79 Å². The van der Waals surface area contributed by atoms with E-state index in [-0.39, 0.29) is 5.91 Å². The lowest BCUT2D eigenvalue weighted by Gasteiger charge is -2.04. The van der Waals surface area contributed by atoms with Gasteiger partial charge >= 0.3 is 5.97 Å². The van der Waals surface area contributed by atoms with Crippen molar-refractivity contribution in [2.24, 2.45) is 4.99 Å². The predicted molar refractivity (Wildman–Crippen MR) is 102 cm³/mol. The first-order valence-corrected chi connectivity index (χ1v) is 8.54. The number of carbonyl (C=O) groups excluding carboxylic acids is 2. The average Bonchev–Trinajstić information content (AvgIpc) is 3.01. The Morgan fingerprint density at radius 1 is 1.12 bits per heavy atom. The predicted octanol–water partition coefficient (Wildman–Crippen LogP) is 3.37. The molecule has 1 aliphatic rings. The number of para-hydroxylation sites is 2. The monoisotopic (exact) mass is 368 g/mol. The average molecular weight is 368 g/mol. The Hall–Kier alpha value is -3.06. The van der Waals surface area contributed by atoms with Crippen molar-refractivity contribution in [3.63, 3.8) is 0 Å². The van der Waals surface area contributed by atoms with Crippen molar-refractivity contribution in [3.05, 3.63) is 64.6 Å². The van der Waals surface area contributed by atoms with E-state index in [4.69, 9.17) is 9.47 Å². The van der Waals surface area contributed by atoms with Gasteiger partial charge in [0.2, 0.25) is 0 Å². The van der Waals surface area contributed by atoms with Crippen LogP contribution in [0.15, 0.2) is 58.4 Å². The summed E-state index contributed by atoms with van der Waals surface area (Å²) in [5.74, 6) is -0.0610. The molecule has 1 fully saturated rings. The highest BCUT2D eigenvalue weighted by Gasteiger charge is 2.25. The highest BCUT2D eigenvalue weighted by atomic mass is 32.2. The maximum Gasteiger partial charge on any atom is 0.340 e. The third kappa shape index (κ3) is 3.78. The minimum absolute atomic E-state index is 0.254. The van der Waals surface area contributed by atoms with Gasteiger partial charge in [-0.3, -0.25) is 4.79 Å². The van der Waals surface area contributed by atoms with Gasteiger partial charge in [0, 0.05) is 5.56 Å². The van der Waals surface area contributed by atoms with Crippen LogP contribution < -0.4 is 10.1 Å². The Balaban J connectivity index is 1.90. The number of nitrogens with one attached hydrogen (secondary N) is 1. The lowest BCUT2D eigenvalue weighted by molar-refractivity contribution is -0.115. The van der Waals surface area contributed by atoms with E-state index in [0.29, 0.717) is 27.1 Å². The number of amides is 1. The van der Waals surface area contributed by atoms with E-state index in [1.807, 2.05) is 24.3 Å². The van der Waals surface area contributed by atoms with Gasteiger partial charge in [0.15, 0.2) is 5.17 Å². The molecule has 7 heteroatoms. The summed E-state index contributed by atoms with van der Waals surface area (Å²) in [6, 6.07) is 14.2. The first-order valence-electron chi connectivity index (χ1n) is 7.72. The van der Waals surface area contributed by atoms with Gasteiger partial charge in [-0.1, -0.05) is 30.3 Å². The smallest absolute Gasteiger partial charge is 0.340 e. The third-order valence-electron chi connectivity index (χ3n) is 3.61. The van der Waals surface area contributed by atoms with E-state index in [1.54, 1.807) is 37.5 Å². The van der Waals surface area contributed by atoms with Crippen molar-refractivity contribution in [3.8, 4) is 5.75 Å². The molecule has 1 N–H and O–H groups in total. The zero-order valence-electron chi connectivity index (χ0n) is 14.2. The maximum atomic E-state index is 12.2. The lowest BCUT2D eigenvalue weighted by atomic mass is 10.2. The molecular weight excluding hydrogens is 352 g/mol. The molecule has 0 radical (unpaired) electrons. The number of nitrogens with zero attached hydrogens (tertiary/aromatic N) is 1. The van der Waals surface area contributed by atoms with Crippen LogP contribution in [0.3, 0.4) is 0 Å². The molecule has 6 nitrogen and oxygen atoms in total. The standard InChI is InChI=1S/C19H16N2O4S/c1-24-15-10-6-3-7-12(15)11-16-17(22)21-19(26-16)20-14-9-5-4-8-13(14)18(23)25-2/h3-11H,1-2H3,(H,20,21,22)/b16-11-. The normalized spacial score (nSPS) is 16.6. The zero-order chi connectivity index (χ0) is 18.5. The first-order chi connectivity index (χ1) is 12.6. The number of benzene rings is 2. The Labute approximate surface area is 154 Å². The Morgan fingerprint density at radius 2 is 1.85 bits per heavy atom. The fourth-order valence-electron chi connectivity index (χ4n) is 2.37. The van der Waals surface area contributed by atoms with Crippen molar-refractivity contribution in [2.45, 2.75) is 0 Å². The molecule has 2 aromatic rings. The molecule has 0 unspecified atom stereocenters. The number of hydrogen-bond donors (Lipinski definition) is 1. The summed E-state index contributed by atoms with van der Waals surface area (Å²) in [5.41, 5.74) is 1.56. The second kappa shape index (κ2) is 7.88. The van der Waals surface area contributed by atoms with Crippen molar-refractivity contribution in [2.75, 3.05) is 14.2 Å². The lowest BCUT2D eigenvalue weighted by Crippen LogP contribution is -2.19. The molecule has 0 aliphatic carbocycles. The molecular formula is C19H16N2O4S. The maximum absolute atomic E-state index is 12.2. The number of amidine groups is 1. The molecule has 2 aromatic carbocycles. The first kappa shape index (κ1) is 17.8. The molecule has 0 saturated carbocycles. The molecule has 1 heterocycles. The van der Waals surface area contributed by atoms with E-state index < -0.39 is 5.97 Å². The number of esters is 1. The SMILES string of the molecule is COC(=O)c1ccccc1N=C1NC(=O)/C(=C/c2ccccc2OC)S1. The molecule has 1 aliphatic heterocycles. The van der Waals surface area contributed by atoms with Gasteiger partial charge in [0.1, 0.15) is 5.75 Å². The van der Waals surface area contributed by atoms with Gasteiger partial charge in [0.05, 0.1) is 30.4 Å². The Bertz CT molecular complexity index is 921. The van der Waals surface area contributed by atoms with Crippen LogP contribution in [0.1, 0.15) is 15.9 Å². The number of hydrogen-bond acceptors (Lipinski definition) is 6. The van der Waals surface area contributed by atoms with Gasteiger partial charge < -0.3 is 14.8 Å². The van der Waals surface area contributed by atoms with Crippen LogP contribution >= 0.6 is 11.8 Å². The molecule has 0 atom stereocenters. The molecule has 1 saturated heterocycles. The zero-order valence-corrected chi connectivity index (χ0v) is 15.0. The van der Waals surface area contributed by atoms with Gasteiger partial charge in [-0.05, 0) is 36.0 Å². The molecule has 0 aromatic heterocycles. The quantitative estimate of drug-likeness (QED) is 0.661. The van der Waals surface area contributed by atoms with Crippen LogP contribution in [0.4, 0.5) is 5.69 Å². The number of methoxy groups -OCH3 is 2. The summed E-state index contributed by atoms with van der Waals surface area (Å²) >= 11 is 1.20. The van der Waals surface area contributed by atoms with Crippen LogP contribution in [0, 0.1) is 0 Å². The van der Waals surface area contributed by atoms with E-state index in [9.17, 15) is 9.59 Å². The molecule has 0 spiro atoms. The van der Waals surface area contributed by atoms with Crippen LogP contribution in [-0.2, 0) is 9.53 Å². The summed E-state index contributed by atoms with van der Waals surface area (Å²) in [4.78, 5) is 29.0. The van der Waals surface area contributed by atoms with E-state index in [2.05, 4.69) is 10.3 Å². The second-order valence-corrected chi connectivity index (χ2v) is 6.26. The number of ether oxygens (including phenoxy) is 2. The number of carbonyl (C=O) groups is 2. The van der Waals surface area contributed by atoms with Crippen molar-refractivity contribution in [1.82, 2.24) is 5.32 Å². The van der Waals surface area contributed by atoms with E-state index in [0.717, 1.165) is 5.56 Å². The second-order valence-electron chi connectivity index (χ2n) is 5.23. The van der Waals surface area contributed by atoms with Gasteiger partial charge in [0.25, 0.3) is 5.91 Å². The van der Waals surface area contributed by atoms with Crippen molar-refractivity contribution >= 4 is 40.6 Å². The van der Waals surface area contributed by atoms with Crippen LogP contribution in [-0.4, -0.2) is 31.3 Å². The molecule has 132 valence electrons. The summed E-state index contributed by atoms with van der Waals surface area (Å²) in [6.07, 6.45) is 1.74. The van der Waals surface area contributed by atoms with Crippen LogP contribution in [0.2, 0.25) is 0 Å². The van der Waals surface area contributed by atoms with Crippen LogP contribution in [0.25, 0.3) is 6.08 Å². The summed E-state index contributed by atoms with van der Waals surface area (Å²) < 4.78 is 10.1. The van der Waals surface area contributed by atoms with E-state index in [1.165, 1.54) is 18.9 Å². The highest BCUT2D eigenvalue weighted by molar-refractivity contribution is 8.18. The topological polar surface area (TPSA) is 77.0 Å². The minimum atomic E-state index is -0.482. The fraction of sp³-hybridized carbons (Fsp3) is 0.105. The van der Waals surface area contributed by atoms with Gasteiger partial charge in [-0.15, -0.1) is 0 Å². The Kier molecular flexibility index (Phi) is 5.38. The van der Waals surface area contributed by atoms with Gasteiger partial charge in [-0.2, -0.15) is 0 Å². The van der Waals surface area contributed by atoms with Crippen molar-refractivity contribution in [1.29, 1.82) is 0 Å². The molecule has 3 rings (SSSR count). The van der Waals surface area contributed by atoms with Crippen molar-refractivity contribution < 1.29 is 19.1 Å². The third-order valence-corrected chi connectivity index (χ3v) is 4.52. The number of thioether (sulfide) groups is 1. The summed E-state index contributed by atoms with van der Waals surface area (Å²) in [6.45, 7) is 0. The Morgan fingerprint density at radius 3 is 2.62 bits per heavy atom. The fourth-order valence-corrected chi connectivity index (χ4v) is 3.20. The summed E-state index contributed by atoms with van der Waals surface area (Å²) in [5, 5.41) is 3.10. The van der Waals surface area contributed by atoms with E-state index >= 15 is 0 Å². The minimum Gasteiger partial charge on any atom is -0.496 e. The number of rotatable bonds is 4. The largest absolute Gasteiger partial charge is 0.496 e. The molecule has 26 heavy (non-hydrogen) atoms. The molecule has 1 amide bonds. The van der Waals surface area contributed by atoms with Crippen LogP contribution in [0.5, 0.6) is 5.75 Å².